The Morgan fingerprint density at radius 2 is 2.00 bits per heavy atom. The molecule has 1 aromatic carbocycles. The highest BCUT2D eigenvalue weighted by Crippen LogP contribution is 2.39. The first-order valence-electron chi connectivity index (χ1n) is 7.23. The molecule has 1 aromatic rings. The molecule has 0 radical (unpaired) electrons. The van der Waals surface area contributed by atoms with Gasteiger partial charge in [-0.25, -0.2) is 8.42 Å². The van der Waals surface area contributed by atoms with Crippen molar-refractivity contribution in [3.05, 3.63) is 35.9 Å². The quantitative estimate of drug-likeness (QED) is 0.920. The van der Waals surface area contributed by atoms with Gasteiger partial charge < -0.3 is 4.74 Å². The number of hydrogen-bond acceptors (Lipinski definition) is 4. The van der Waals surface area contributed by atoms with Gasteiger partial charge >= 0.3 is 0 Å². The Morgan fingerprint density at radius 1 is 1.29 bits per heavy atom. The molecule has 1 N–H and O–H groups in total. The first kappa shape index (κ1) is 14.5. The Labute approximate surface area is 124 Å². The number of rotatable bonds is 4. The average molecular weight is 309 g/mol. The summed E-state index contributed by atoms with van der Waals surface area (Å²) in [6.45, 7) is 1.59. The van der Waals surface area contributed by atoms with Crippen molar-refractivity contribution < 1.29 is 17.9 Å². The lowest BCUT2D eigenvalue weighted by atomic mass is 9.89. The molecule has 2 fully saturated rings. The third-order valence-corrected chi connectivity index (χ3v) is 6.11. The minimum Gasteiger partial charge on any atom is -0.374 e. The Balaban J connectivity index is 1.70. The van der Waals surface area contributed by atoms with Crippen molar-refractivity contribution in [2.75, 3.05) is 0 Å². The normalized spacial score (nSPS) is 29.3. The van der Waals surface area contributed by atoms with Crippen LogP contribution in [0.4, 0.5) is 0 Å². The highest BCUT2D eigenvalue weighted by atomic mass is 32.2. The zero-order valence-corrected chi connectivity index (χ0v) is 12.7. The van der Waals surface area contributed by atoms with Crippen LogP contribution in [0.1, 0.15) is 37.0 Å². The predicted octanol–water partition coefficient (Wildman–Crippen LogP) is 1.76. The summed E-state index contributed by atoms with van der Waals surface area (Å²) < 4.78 is 32.5. The van der Waals surface area contributed by atoms with Crippen molar-refractivity contribution in [2.45, 2.75) is 43.6 Å². The largest absolute Gasteiger partial charge is 0.374 e. The molecule has 1 unspecified atom stereocenters. The predicted molar refractivity (Wildman–Crippen MR) is 77.9 cm³/mol. The molecule has 2 aliphatic rings. The van der Waals surface area contributed by atoms with Gasteiger partial charge in [0, 0.05) is 0 Å². The van der Waals surface area contributed by atoms with Crippen LogP contribution in [0.3, 0.4) is 0 Å². The van der Waals surface area contributed by atoms with Gasteiger partial charge in [0.15, 0.2) is 0 Å². The van der Waals surface area contributed by atoms with Crippen molar-refractivity contribution in [1.82, 2.24) is 4.72 Å². The van der Waals surface area contributed by atoms with E-state index in [4.69, 9.17) is 4.74 Å². The van der Waals surface area contributed by atoms with E-state index in [0.717, 1.165) is 12.8 Å². The van der Waals surface area contributed by atoms with Crippen LogP contribution in [0.25, 0.3) is 0 Å². The summed E-state index contributed by atoms with van der Waals surface area (Å²) in [6.07, 6.45) is 2.46. The minimum absolute atomic E-state index is 0.114. The summed E-state index contributed by atoms with van der Waals surface area (Å²) in [4.78, 5) is 12.2. The second-order valence-corrected chi connectivity index (χ2v) is 7.78. The van der Waals surface area contributed by atoms with E-state index in [1.165, 1.54) is 0 Å². The van der Waals surface area contributed by atoms with Crippen LogP contribution in [-0.4, -0.2) is 26.5 Å². The fourth-order valence-corrected chi connectivity index (χ4v) is 4.25. The molecule has 2 aliphatic heterocycles. The zero-order valence-electron chi connectivity index (χ0n) is 11.9. The summed E-state index contributed by atoms with van der Waals surface area (Å²) in [5.41, 5.74) is 0.669. The summed E-state index contributed by atoms with van der Waals surface area (Å²) in [5.74, 6) is -0.758. The fraction of sp³-hybridized carbons (Fsp3) is 0.533. The number of amides is 1. The third-order valence-electron chi connectivity index (χ3n) is 4.42. The van der Waals surface area contributed by atoms with Crippen LogP contribution < -0.4 is 4.72 Å². The van der Waals surface area contributed by atoms with Gasteiger partial charge in [-0.05, 0) is 31.7 Å². The second kappa shape index (κ2) is 5.42. The molecule has 4 atom stereocenters. The molecule has 0 saturated carbocycles. The van der Waals surface area contributed by atoms with Crippen LogP contribution in [0.5, 0.6) is 0 Å². The molecule has 21 heavy (non-hydrogen) atoms. The molecular formula is C15H19NO4S. The Morgan fingerprint density at radius 3 is 2.57 bits per heavy atom. The summed E-state index contributed by atoms with van der Waals surface area (Å²) >= 11 is 0. The standard InChI is InChI=1S/C15H19NO4S/c1-10(11-5-3-2-4-6-11)21(18,19)16-15(17)13-9-12-7-8-14(13)20-12/h2-6,10,12-14H,7-9H2,1H3,(H,16,17)/t10?,12-,13-,14+/m1/s1. The van der Waals surface area contributed by atoms with E-state index in [9.17, 15) is 13.2 Å². The SMILES string of the molecule is CC(c1ccccc1)S(=O)(=O)NC(=O)[C@@H]1C[C@H]2CC[C@@H]1O2. The maximum absolute atomic E-state index is 12.3. The maximum atomic E-state index is 12.3. The smallest absolute Gasteiger partial charge is 0.241 e. The minimum atomic E-state index is -3.72. The lowest BCUT2D eigenvalue weighted by Gasteiger charge is -2.20. The highest BCUT2D eigenvalue weighted by molar-refractivity contribution is 7.90. The van der Waals surface area contributed by atoms with Gasteiger partial charge in [-0.2, -0.15) is 0 Å². The molecule has 2 heterocycles. The van der Waals surface area contributed by atoms with Gasteiger partial charge in [-0.3, -0.25) is 9.52 Å². The van der Waals surface area contributed by atoms with E-state index in [2.05, 4.69) is 4.72 Å². The van der Waals surface area contributed by atoms with E-state index in [-0.39, 0.29) is 18.1 Å². The molecule has 1 amide bonds. The Kier molecular flexibility index (Phi) is 3.75. The van der Waals surface area contributed by atoms with Crippen molar-refractivity contribution in [1.29, 1.82) is 0 Å². The lowest BCUT2D eigenvalue weighted by Crippen LogP contribution is -2.41. The lowest BCUT2D eigenvalue weighted by molar-refractivity contribution is -0.124. The first-order valence-corrected chi connectivity index (χ1v) is 8.78. The van der Waals surface area contributed by atoms with E-state index in [1.807, 2.05) is 6.07 Å². The van der Waals surface area contributed by atoms with Crippen LogP contribution in [-0.2, 0) is 19.6 Å². The molecule has 0 spiro atoms. The second-order valence-electron chi connectivity index (χ2n) is 5.78. The van der Waals surface area contributed by atoms with Gasteiger partial charge in [0.05, 0.1) is 18.1 Å². The molecule has 3 rings (SSSR count). The van der Waals surface area contributed by atoms with E-state index < -0.39 is 21.2 Å². The number of sulfonamides is 1. The average Bonchev–Trinajstić information content (AvgIpc) is 3.09. The fourth-order valence-electron chi connectivity index (χ4n) is 3.12. The monoisotopic (exact) mass is 309 g/mol. The van der Waals surface area contributed by atoms with Crippen LogP contribution >= 0.6 is 0 Å². The van der Waals surface area contributed by atoms with Crippen LogP contribution in [0.15, 0.2) is 30.3 Å². The highest BCUT2D eigenvalue weighted by Gasteiger charge is 2.45. The van der Waals surface area contributed by atoms with Gasteiger partial charge in [-0.15, -0.1) is 0 Å². The van der Waals surface area contributed by atoms with Gasteiger partial charge in [-0.1, -0.05) is 30.3 Å². The van der Waals surface area contributed by atoms with Crippen molar-refractivity contribution in [2.24, 2.45) is 5.92 Å². The number of benzene rings is 1. The van der Waals surface area contributed by atoms with E-state index in [0.29, 0.717) is 12.0 Å². The Bertz CT molecular complexity index is 628. The number of carbonyl (C=O) groups is 1. The van der Waals surface area contributed by atoms with E-state index >= 15 is 0 Å². The topological polar surface area (TPSA) is 72.5 Å². The number of hydrogen-bond donors (Lipinski definition) is 1. The van der Waals surface area contributed by atoms with Crippen LogP contribution in [0, 0.1) is 5.92 Å². The molecule has 0 aliphatic carbocycles. The van der Waals surface area contributed by atoms with Crippen molar-refractivity contribution in [3.63, 3.8) is 0 Å². The number of fused-ring (bicyclic) bond motifs is 2. The maximum Gasteiger partial charge on any atom is 0.241 e. The molecule has 0 aromatic heterocycles. The van der Waals surface area contributed by atoms with Crippen LogP contribution in [0.2, 0.25) is 0 Å². The van der Waals surface area contributed by atoms with E-state index in [1.54, 1.807) is 31.2 Å². The van der Waals surface area contributed by atoms with Gasteiger partial charge in [0.2, 0.25) is 15.9 Å². The number of carbonyl (C=O) groups excluding carboxylic acids is 1. The van der Waals surface area contributed by atoms with Crippen molar-refractivity contribution >= 4 is 15.9 Å². The van der Waals surface area contributed by atoms with Crippen molar-refractivity contribution in [3.8, 4) is 0 Å². The zero-order chi connectivity index (χ0) is 15.0. The third kappa shape index (κ3) is 2.82. The summed E-state index contributed by atoms with van der Waals surface area (Å²) in [5, 5.41) is -0.762. The summed E-state index contributed by atoms with van der Waals surface area (Å²) in [6, 6.07) is 8.89. The number of ether oxygens (including phenoxy) is 1. The molecule has 2 saturated heterocycles. The molecule has 114 valence electrons. The molecule has 6 heteroatoms. The Hall–Kier alpha value is -1.40. The first-order chi connectivity index (χ1) is 9.97. The van der Waals surface area contributed by atoms with Gasteiger partial charge in [0.1, 0.15) is 5.25 Å². The molecular weight excluding hydrogens is 290 g/mol. The molecule has 5 nitrogen and oxygen atoms in total. The summed E-state index contributed by atoms with van der Waals surface area (Å²) in [7, 11) is -3.72. The van der Waals surface area contributed by atoms with Gasteiger partial charge in [0.25, 0.3) is 0 Å². The number of nitrogens with one attached hydrogen (secondary N) is 1. The molecule has 2 bridgehead atoms.